The van der Waals surface area contributed by atoms with Gasteiger partial charge in [0.1, 0.15) is 12.1 Å². The zero-order valence-electron chi connectivity index (χ0n) is 10.3. The molecule has 1 rings (SSSR count). The topological polar surface area (TPSA) is 105 Å². The fraction of sp³-hybridized carbons (Fsp3) is 0.273. The van der Waals surface area contributed by atoms with Gasteiger partial charge in [0.2, 0.25) is 0 Å². The van der Waals surface area contributed by atoms with Crippen LogP contribution in [0, 0.1) is 22.7 Å². The molecule has 5 nitrogen and oxygen atoms in total. The molecule has 0 radical (unpaired) electrons. The van der Waals surface area contributed by atoms with E-state index in [4.69, 9.17) is 10.5 Å². The van der Waals surface area contributed by atoms with Gasteiger partial charge in [-0.05, 0) is 30.4 Å². The van der Waals surface area contributed by atoms with Crippen molar-refractivity contribution < 1.29 is 31.8 Å². The van der Waals surface area contributed by atoms with Gasteiger partial charge in [0.05, 0.1) is 21.2 Å². The van der Waals surface area contributed by atoms with Gasteiger partial charge < -0.3 is 4.55 Å². The van der Waals surface area contributed by atoms with Gasteiger partial charge >= 0.3 is 18.9 Å². The summed E-state index contributed by atoms with van der Waals surface area (Å²) in [6.45, 7) is 0. The summed E-state index contributed by atoms with van der Waals surface area (Å²) in [5.41, 5.74) is 0.600. The van der Waals surface area contributed by atoms with Crippen LogP contribution in [-0.4, -0.2) is 24.5 Å². The minimum Gasteiger partial charge on any atom is -0.748 e. The molecule has 0 unspecified atom stereocenters. The van der Waals surface area contributed by atoms with E-state index < -0.39 is 10.1 Å². The molecule has 1 aromatic carbocycles. The first-order valence-corrected chi connectivity index (χ1v) is 7.53. The molecule has 0 saturated heterocycles. The van der Waals surface area contributed by atoms with Crippen molar-refractivity contribution in [1.29, 1.82) is 10.5 Å². The molecule has 0 aliphatic heterocycles. The van der Waals surface area contributed by atoms with Crippen molar-refractivity contribution in [3.8, 4) is 12.1 Å². The molecule has 0 bridgehead atoms. The molecule has 94 valence electrons. The minimum absolute atomic E-state index is 0. The standard InChI is InChI=1S/C11H10N2O3S2.Li/c12-7-9-2-3-11(6-10(9)8-13)17-4-1-5-18(14,15)16;/h2-3,6H,1,4-5H2,(H,14,15,16);/q;+1/p-1. The molecular weight excluding hydrogens is 279 g/mol. The van der Waals surface area contributed by atoms with Gasteiger partial charge in [-0.1, -0.05) is 0 Å². The number of nitriles is 2. The summed E-state index contributed by atoms with van der Waals surface area (Å²) >= 11 is 1.35. The van der Waals surface area contributed by atoms with Crippen LogP contribution in [0.5, 0.6) is 0 Å². The molecule has 0 fully saturated rings. The third-order valence-electron chi connectivity index (χ3n) is 2.04. The van der Waals surface area contributed by atoms with Gasteiger partial charge in [0, 0.05) is 10.6 Å². The molecule has 1 aromatic rings. The van der Waals surface area contributed by atoms with E-state index in [1.54, 1.807) is 18.2 Å². The number of benzene rings is 1. The van der Waals surface area contributed by atoms with Crippen LogP contribution in [0.3, 0.4) is 0 Å². The van der Waals surface area contributed by atoms with Crippen LogP contribution in [0.15, 0.2) is 23.1 Å². The average Bonchev–Trinajstić information content (AvgIpc) is 2.33. The van der Waals surface area contributed by atoms with Gasteiger partial charge in [-0.2, -0.15) is 10.5 Å². The summed E-state index contributed by atoms with van der Waals surface area (Å²) in [7, 11) is -4.16. The Labute approximate surface area is 128 Å². The van der Waals surface area contributed by atoms with E-state index in [1.807, 2.05) is 12.1 Å². The van der Waals surface area contributed by atoms with E-state index in [-0.39, 0.29) is 31.0 Å². The first-order chi connectivity index (χ1) is 8.46. The van der Waals surface area contributed by atoms with E-state index in [2.05, 4.69) is 0 Å². The number of thioether (sulfide) groups is 1. The van der Waals surface area contributed by atoms with Crippen molar-refractivity contribution in [2.24, 2.45) is 0 Å². The summed E-state index contributed by atoms with van der Waals surface area (Å²) in [5.74, 6) is 0.0830. The Morgan fingerprint density at radius 2 is 1.84 bits per heavy atom. The maximum atomic E-state index is 10.4. The van der Waals surface area contributed by atoms with Crippen LogP contribution < -0.4 is 18.9 Å². The maximum Gasteiger partial charge on any atom is 1.00 e. The zero-order valence-corrected chi connectivity index (χ0v) is 11.9. The first kappa shape index (κ1) is 18.1. The zero-order chi connectivity index (χ0) is 13.6. The summed E-state index contributed by atoms with van der Waals surface area (Å²) in [4.78, 5) is 0.772. The Morgan fingerprint density at radius 1 is 1.21 bits per heavy atom. The van der Waals surface area contributed by atoms with Crippen LogP contribution in [-0.2, 0) is 10.1 Å². The van der Waals surface area contributed by atoms with Crippen LogP contribution in [0.1, 0.15) is 17.5 Å². The fourth-order valence-corrected chi connectivity index (χ4v) is 2.80. The largest absolute Gasteiger partial charge is 1.00 e. The van der Waals surface area contributed by atoms with Crippen LogP contribution in [0.2, 0.25) is 0 Å². The Balaban J connectivity index is 0.00000324. The third-order valence-corrected chi connectivity index (χ3v) is 3.91. The molecule has 0 saturated carbocycles. The minimum atomic E-state index is -4.16. The smallest absolute Gasteiger partial charge is 0.748 e. The van der Waals surface area contributed by atoms with Gasteiger partial charge in [0.15, 0.2) is 0 Å². The summed E-state index contributed by atoms with van der Waals surface area (Å²) in [6.07, 6.45) is 0.262. The number of nitrogens with zero attached hydrogens (tertiary/aromatic N) is 2. The quantitative estimate of drug-likeness (QED) is 0.281. The molecule has 0 amide bonds. The maximum absolute atomic E-state index is 10.4. The Bertz CT molecular complexity index is 618. The number of rotatable bonds is 5. The number of hydrogen-bond acceptors (Lipinski definition) is 6. The normalized spacial score (nSPS) is 10.1. The third kappa shape index (κ3) is 6.68. The molecule has 0 aromatic heterocycles. The predicted molar refractivity (Wildman–Crippen MR) is 65.8 cm³/mol. The first-order valence-electron chi connectivity index (χ1n) is 4.97. The van der Waals surface area contributed by atoms with Gasteiger partial charge in [-0.25, -0.2) is 8.42 Å². The Morgan fingerprint density at radius 3 is 2.37 bits per heavy atom. The summed E-state index contributed by atoms with van der Waals surface area (Å²) in [5, 5.41) is 17.6. The molecule has 0 aliphatic rings. The Kier molecular flexibility index (Phi) is 7.86. The second-order valence-electron chi connectivity index (χ2n) is 3.39. The molecular formula is C11H9LiN2O3S2. The van der Waals surface area contributed by atoms with E-state index in [9.17, 15) is 13.0 Å². The molecule has 19 heavy (non-hydrogen) atoms. The predicted octanol–water partition coefficient (Wildman–Crippen LogP) is -1.54. The van der Waals surface area contributed by atoms with Crippen LogP contribution >= 0.6 is 11.8 Å². The fourth-order valence-electron chi connectivity index (χ4n) is 1.23. The molecule has 0 spiro atoms. The second kappa shape index (κ2) is 8.27. The molecule has 8 heteroatoms. The monoisotopic (exact) mass is 288 g/mol. The van der Waals surface area contributed by atoms with Crippen molar-refractivity contribution in [1.82, 2.24) is 0 Å². The van der Waals surface area contributed by atoms with Gasteiger partial charge in [-0.15, -0.1) is 11.8 Å². The van der Waals surface area contributed by atoms with E-state index in [0.29, 0.717) is 16.9 Å². The number of hydrogen-bond donors (Lipinski definition) is 0. The summed E-state index contributed by atoms with van der Waals surface area (Å²) in [6, 6.07) is 8.64. The van der Waals surface area contributed by atoms with Crippen molar-refractivity contribution in [3.63, 3.8) is 0 Å². The van der Waals surface area contributed by atoms with E-state index in [1.165, 1.54) is 11.8 Å². The van der Waals surface area contributed by atoms with Gasteiger partial charge in [-0.3, -0.25) is 0 Å². The summed E-state index contributed by atoms with van der Waals surface area (Å²) < 4.78 is 31.1. The molecule has 0 atom stereocenters. The van der Waals surface area contributed by atoms with Crippen LogP contribution in [0.25, 0.3) is 0 Å². The van der Waals surface area contributed by atoms with Crippen molar-refractivity contribution in [2.75, 3.05) is 11.5 Å². The van der Waals surface area contributed by atoms with E-state index >= 15 is 0 Å². The molecule has 0 aliphatic carbocycles. The van der Waals surface area contributed by atoms with Crippen molar-refractivity contribution in [2.45, 2.75) is 11.3 Å². The van der Waals surface area contributed by atoms with Crippen LogP contribution in [0.4, 0.5) is 0 Å². The van der Waals surface area contributed by atoms with Crippen molar-refractivity contribution >= 4 is 21.9 Å². The Hall–Kier alpha value is -0.943. The molecule has 0 N–H and O–H groups in total. The van der Waals surface area contributed by atoms with E-state index in [0.717, 1.165) is 4.90 Å². The molecule has 0 heterocycles. The second-order valence-corrected chi connectivity index (χ2v) is 6.09. The van der Waals surface area contributed by atoms with Crippen molar-refractivity contribution in [3.05, 3.63) is 29.3 Å². The SMILES string of the molecule is N#Cc1ccc(SCCCS(=O)(=O)[O-])cc1C#N.[Li+]. The average molecular weight is 288 g/mol. The van der Waals surface area contributed by atoms with Gasteiger partial charge in [0.25, 0.3) is 0 Å².